The van der Waals surface area contributed by atoms with Crippen LogP contribution in [0.5, 0.6) is 5.75 Å². The van der Waals surface area contributed by atoms with Gasteiger partial charge in [-0.3, -0.25) is 4.79 Å². The van der Waals surface area contributed by atoms with Crippen molar-refractivity contribution in [2.45, 2.75) is 0 Å². The highest BCUT2D eigenvalue weighted by Crippen LogP contribution is 2.31. The average Bonchev–Trinajstić information content (AvgIpc) is 3.35. The highest BCUT2D eigenvalue weighted by Gasteiger charge is 2.24. The first-order chi connectivity index (χ1) is 14.5. The predicted molar refractivity (Wildman–Crippen MR) is 115 cm³/mol. The van der Waals surface area contributed by atoms with Crippen LogP contribution >= 0.6 is 11.8 Å². The molecule has 1 aliphatic rings. The minimum atomic E-state index is -1.04. The highest BCUT2D eigenvalue weighted by atomic mass is 32.2. The molecule has 1 aliphatic heterocycles. The van der Waals surface area contributed by atoms with Crippen LogP contribution in [0.1, 0.15) is 16.1 Å². The Bertz CT molecular complexity index is 1180. The first-order valence-corrected chi connectivity index (χ1v) is 9.71. The van der Waals surface area contributed by atoms with Gasteiger partial charge in [0.1, 0.15) is 17.3 Å². The van der Waals surface area contributed by atoms with E-state index in [0.29, 0.717) is 32.8 Å². The molecule has 4 rings (SSSR count). The Morgan fingerprint density at radius 2 is 1.90 bits per heavy atom. The number of nitrogens with zero attached hydrogens (tertiary/aromatic N) is 1. The second kappa shape index (κ2) is 8.30. The topological polar surface area (TPSA) is 101 Å². The summed E-state index contributed by atoms with van der Waals surface area (Å²) in [6, 6.07) is 17.1. The molecule has 0 bridgehead atoms. The number of carbonyl (C=O) groups excluding carboxylic acids is 1. The lowest BCUT2D eigenvalue weighted by molar-refractivity contribution is -0.115. The molecule has 1 aromatic heterocycles. The molecule has 0 spiro atoms. The first kappa shape index (κ1) is 19.5. The maximum atomic E-state index is 12.3. The maximum absolute atomic E-state index is 12.3. The standard InChI is InChI=1S/C22H16N2O5S/c1-28-14-8-6-13(7-9-14)23-22-24-20(25)19(30-22)12-15-10-11-18(29-15)16-4-2-3-5-17(16)21(26)27/h2-12H,1H3,(H,26,27)(H,23,24,25)/b19-12+. The number of amides is 1. The second-order valence-corrected chi connectivity index (χ2v) is 7.26. The van der Waals surface area contributed by atoms with Crippen LogP contribution in [-0.4, -0.2) is 29.3 Å². The van der Waals surface area contributed by atoms with E-state index in [1.807, 2.05) is 0 Å². The number of carboxylic acids is 1. The van der Waals surface area contributed by atoms with Crippen molar-refractivity contribution in [3.63, 3.8) is 0 Å². The van der Waals surface area contributed by atoms with E-state index in [4.69, 9.17) is 9.15 Å². The fourth-order valence-electron chi connectivity index (χ4n) is 2.84. The fraction of sp³-hybridized carbons (Fsp3) is 0.0455. The van der Waals surface area contributed by atoms with Gasteiger partial charge >= 0.3 is 5.97 Å². The van der Waals surface area contributed by atoms with E-state index in [1.165, 1.54) is 17.8 Å². The van der Waals surface area contributed by atoms with Crippen molar-refractivity contribution in [1.82, 2.24) is 5.32 Å². The summed E-state index contributed by atoms with van der Waals surface area (Å²) in [5.74, 6) is 0.257. The summed E-state index contributed by atoms with van der Waals surface area (Å²) in [6.45, 7) is 0. The van der Waals surface area contributed by atoms with Crippen molar-refractivity contribution >= 4 is 40.6 Å². The fourth-order valence-corrected chi connectivity index (χ4v) is 3.67. The third-order valence-electron chi connectivity index (χ3n) is 4.28. The van der Waals surface area contributed by atoms with Gasteiger partial charge in [-0.2, -0.15) is 0 Å². The number of aliphatic imine (C=N–C) groups is 1. The molecule has 1 amide bonds. The van der Waals surface area contributed by atoms with E-state index in [9.17, 15) is 14.7 Å². The molecule has 2 aromatic carbocycles. The zero-order valence-corrected chi connectivity index (χ0v) is 16.6. The number of carboxylic acid groups (broad SMARTS) is 1. The van der Waals surface area contributed by atoms with Crippen LogP contribution in [0.3, 0.4) is 0 Å². The summed E-state index contributed by atoms with van der Waals surface area (Å²) >= 11 is 1.20. The van der Waals surface area contributed by atoms with E-state index in [-0.39, 0.29) is 11.5 Å². The summed E-state index contributed by atoms with van der Waals surface area (Å²) < 4.78 is 10.9. The Kier molecular flexibility index (Phi) is 5.40. The molecule has 7 nitrogen and oxygen atoms in total. The van der Waals surface area contributed by atoms with Gasteiger partial charge in [-0.05, 0) is 54.2 Å². The van der Waals surface area contributed by atoms with Crippen molar-refractivity contribution < 1.29 is 23.8 Å². The zero-order valence-electron chi connectivity index (χ0n) is 15.8. The lowest BCUT2D eigenvalue weighted by atomic mass is 10.1. The minimum Gasteiger partial charge on any atom is -0.497 e. The van der Waals surface area contributed by atoms with Crippen molar-refractivity contribution in [1.29, 1.82) is 0 Å². The number of ether oxygens (including phenoxy) is 1. The normalized spacial score (nSPS) is 16.1. The van der Waals surface area contributed by atoms with Crippen LogP contribution < -0.4 is 10.1 Å². The number of carbonyl (C=O) groups is 2. The van der Waals surface area contributed by atoms with Crippen LogP contribution in [0.25, 0.3) is 17.4 Å². The van der Waals surface area contributed by atoms with Gasteiger partial charge in [-0.15, -0.1) is 0 Å². The summed E-state index contributed by atoms with van der Waals surface area (Å²) in [7, 11) is 1.59. The van der Waals surface area contributed by atoms with Gasteiger partial charge in [0.05, 0.1) is 23.3 Å². The van der Waals surface area contributed by atoms with Crippen LogP contribution in [0.2, 0.25) is 0 Å². The van der Waals surface area contributed by atoms with Gasteiger partial charge in [0.25, 0.3) is 5.91 Å². The molecule has 0 radical (unpaired) electrons. The van der Waals surface area contributed by atoms with Crippen LogP contribution in [0.15, 0.2) is 75.0 Å². The molecule has 0 unspecified atom stereocenters. The summed E-state index contributed by atoms with van der Waals surface area (Å²) in [4.78, 5) is 28.5. The third kappa shape index (κ3) is 4.13. The number of nitrogens with one attached hydrogen (secondary N) is 1. The molecule has 150 valence electrons. The number of hydrogen-bond acceptors (Lipinski definition) is 6. The van der Waals surface area contributed by atoms with Gasteiger partial charge in [-0.1, -0.05) is 18.2 Å². The molecular formula is C22H16N2O5S. The van der Waals surface area contributed by atoms with Gasteiger partial charge in [0, 0.05) is 11.6 Å². The van der Waals surface area contributed by atoms with Gasteiger partial charge in [-0.25, -0.2) is 9.79 Å². The van der Waals surface area contributed by atoms with Crippen molar-refractivity contribution in [3.05, 3.63) is 76.9 Å². The molecular weight excluding hydrogens is 404 g/mol. The van der Waals surface area contributed by atoms with E-state index in [2.05, 4.69) is 10.3 Å². The molecule has 0 atom stereocenters. The number of benzene rings is 2. The molecule has 1 saturated heterocycles. The van der Waals surface area contributed by atoms with Gasteiger partial charge < -0.3 is 19.6 Å². The van der Waals surface area contributed by atoms with Crippen molar-refractivity contribution in [3.8, 4) is 17.1 Å². The lowest BCUT2D eigenvalue weighted by Crippen LogP contribution is -2.19. The molecule has 0 saturated carbocycles. The number of hydrogen-bond donors (Lipinski definition) is 2. The minimum absolute atomic E-state index is 0.146. The third-order valence-corrected chi connectivity index (χ3v) is 5.19. The summed E-state index contributed by atoms with van der Waals surface area (Å²) in [5.41, 5.74) is 1.30. The van der Waals surface area contributed by atoms with E-state index >= 15 is 0 Å². The first-order valence-electron chi connectivity index (χ1n) is 8.89. The zero-order chi connectivity index (χ0) is 21.1. The van der Waals surface area contributed by atoms with Crippen LogP contribution in [0.4, 0.5) is 5.69 Å². The number of amidine groups is 1. The van der Waals surface area contributed by atoms with E-state index in [0.717, 1.165) is 5.75 Å². The number of thioether (sulfide) groups is 1. The Morgan fingerprint density at radius 3 is 2.63 bits per heavy atom. The Labute approximate surface area is 176 Å². The molecule has 2 heterocycles. The molecule has 2 N–H and O–H groups in total. The van der Waals surface area contributed by atoms with E-state index in [1.54, 1.807) is 67.8 Å². The number of furan rings is 1. The van der Waals surface area contributed by atoms with Crippen molar-refractivity contribution in [2.75, 3.05) is 7.11 Å². The summed E-state index contributed by atoms with van der Waals surface area (Å²) in [6.07, 6.45) is 1.60. The largest absolute Gasteiger partial charge is 0.497 e. The highest BCUT2D eigenvalue weighted by molar-refractivity contribution is 8.18. The maximum Gasteiger partial charge on any atom is 0.336 e. The van der Waals surface area contributed by atoms with Crippen LogP contribution in [0, 0.1) is 0 Å². The number of rotatable bonds is 5. The Morgan fingerprint density at radius 1 is 1.13 bits per heavy atom. The molecule has 30 heavy (non-hydrogen) atoms. The predicted octanol–water partition coefficient (Wildman–Crippen LogP) is 4.55. The molecule has 0 aliphatic carbocycles. The van der Waals surface area contributed by atoms with Crippen LogP contribution in [-0.2, 0) is 4.79 Å². The lowest BCUT2D eigenvalue weighted by Gasteiger charge is -2.02. The summed E-state index contributed by atoms with van der Waals surface area (Å²) in [5, 5.41) is 12.5. The Balaban J connectivity index is 1.55. The van der Waals surface area contributed by atoms with E-state index < -0.39 is 5.97 Å². The Hall–Kier alpha value is -3.78. The van der Waals surface area contributed by atoms with Gasteiger partial charge in [0.2, 0.25) is 0 Å². The average molecular weight is 420 g/mol. The SMILES string of the molecule is COc1ccc(N=C2NC(=O)/C(=C\c3ccc(-c4ccccc4C(=O)O)o3)S2)cc1. The molecule has 8 heteroatoms. The molecule has 1 fully saturated rings. The molecule has 3 aromatic rings. The number of aromatic carboxylic acids is 1. The monoisotopic (exact) mass is 420 g/mol. The second-order valence-electron chi connectivity index (χ2n) is 6.23. The van der Waals surface area contributed by atoms with Gasteiger partial charge in [0.15, 0.2) is 5.17 Å². The van der Waals surface area contributed by atoms with Crippen molar-refractivity contribution in [2.24, 2.45) is 4.99 Å². The number of methoxy groups -OCH3 is 1. The quantitative estimate of drug-likeness (QED) is 0.588. The smallest absolute Gasteiger partial charge is 0.336 e.